The lowest BCUT2D eigenvalue weighted by atomic mass is 10.0. The van der Waals surface area contributed by atoms with Crippen molar-refractivity contribution in [3.63, 3.8) is 0 Å². The molecule has 1 aromatic rings. The molecule has 1 aliphatic carbocycles. The van der Waals surface area contributed by atoms with Crippen molar-refractivity contribution in [2.24, 2.45) is 5.73 Å². The minimum Gasteiger partial charge on any atom is -0.325 e. The molecule has 1 nitrogen and oxygen atoms in total. The van der Waals surface area contributed by atoms with E-state index in [1.54, 1.807) is 0 Å². The summed E-state index contributed by atoms with van der Waals surface area (Å²) in [4.78, 5) is 0. The summed E-state index contributed by atoms with van der Waals surface area (Å²) in [5, 5.41) is 0. The summed E-state index contributed by atoms with van der Waals surface area (Å²) in [6.45, 7) is 0. The highest BCUT2D eigenvalue weighted by molar-refractivity contribution is 5.20. The van der Waals surface area contributed by atoms with Crippen molar-refractivity contribution in [3.05, 3.63) is 35.6 Å². The van der Waals surface area contributed by atoms with E-state index in [-0.39, 0.29) is 11.4 Å². The molecule has 2 rings (SSSR count). The van der Waals surface area contributed by atoms with E-state index in [0.29, 0.717) is 12.0 Å². The van der Waals surface area contributed by atoms with Gasteiger partial charge in [0.25, 0.3) is 0 Å². The van der Waals surface area contributed by atoms with Gasteiger partial charge in [-0.25, -0.2) is 8.78 Å². The van der Waals surface area contributed by atoms with Crippen LogP contribution in [0.5, 0.6) is 0 Å². The molecule has 1 atom stereocenters. The van der Waals surface area contributed by atoms with Crippen LogP contribution in [0, 0.1) is 5.82 Å². The van der Waals surface area contributed by atoms with Crippen molar-refractivity contribution in [1.29, 1.82) is 0 Å². The smallest absolute Gasteiger partial charge is 0.127 e. The van der Waals surface area contributed by atoms with Crippen molar-refractivity contribution in [2.45, 2.75) is 31.0 Å². The maximum atomic E-state index is 13.6. The van der Waals surface area contributed by atoms with Gasteiger partial charge in [-0.1, -0.05) is 12.1 Å². The van der Waals surface area contributed by atoms with Crippen molar-refractivity contribution in [3.8, 4) is 0 Å². The fourth-order valence-electron chi connectivity index (χ4n) is 1.51. The molecule has 0 aromatic heterocycles. The van der Waals surface area contributed by atoms with E-state index in [0.717, 1.165) is 12.8 Å². The molecule has 14 heavy (non-hydrogen) atoms. The van der Waals surface area contributed by atoms with E-state index < -0.39 is 6.17 Å². The molecule has 1 unspecified atom stereocenters. The van der Waals surface area contributed by atoms with E-state index in [1.807, 2.05) is 0 Å². The SMILES string of the molecule is NC1(CC(F)c2ccc(F)cc2)CC1. The first-order valence-corrected chi connectivity index (χ1v) is 4.77. The van der Waals surface area contributed by atoms with Crippen LogP contribution in [0.25, 0.3) is 0 Å². The zero-order chi connectivity index (χ0) is 10.2. The van der Waals surface area contributed by atoms with E-state index in [2.05, 4.69) is 0 Å². The van der Waals surface area contributed by atoms with Crippen molar-refractivity contribution in [1.82, 2.24) is 0 Å². The highest BCUT2D eigenvalue weighted by Crippen LogP contribution is 2.41. The van der Waals surface area contributed by atoms with Gasteiger partial charge in [0.05, 0.1) is 0 Å². The summed E-state index contributed by atoms with van der Waals surface area (Å²) >= 11 is 0. The van der Waals surface area contributed by atoms with Gasteiger partial charge in [-0.15, -0.1) is 0 Å². The van der Waals surface area contributed by atoms with E-state index in [1.165, 1.54) is 24.3 Å². The zero-order valence-corrected chi connectivity index (χ0v) is 7.84. The molecule has 0 bridgehead atoms. The third-order valence-corrected chi connectivity index (χ3v) is 2.71. The van der Waals surface area contributed by atoms with Gasteiger partial charge < -0.3 is 5.73 Å². The molecule has 1 fully saturated rings. The summed E-state index contributed by atoms with van der Waals surface area (Å²) in [6, 6.07) is 5.51. The molecule has 2 N–H and O–H groups in total. The number of rotatable bonds is 3. The Morgan fingerprint density at radius 2 is 1.86 bits per heavy atom. The van der Waals surface area contributed by atoms with Gasteiger partial charge in [0.2, 0.25) is 0 Å². The molecule has 0 radical (unpaired) electrons. The number of hydrogen-bond donors (Lipinski definition) is 1. The predicted octanol–water partition coefficient (Wildman–Crippen LogP) is 2.72. The quantitative estimate of drug-likeness (QED) is 0.792. The highest BCUT2D eigenvalue weighted by Gasteiger charge is 2.40. The van der Waals surface area contributed by atoms with E-state index in [9.17, 15) is 8.78 Å². The normalized spacial score (nSPS) is 20.5. The molecule has 0 heterocycles. The Labute approximate surface area is 81.9 Å². The van der Waals surface area contributed by atoms with Crippen LogP contribution in [0.3, 0.4) is 0 Å². The van der Waals surface area contributed by atoms with Crippen LogP contribution < -0.4 is 5.73 Å². The summed E-state index contributed by atoms with van der Waals surface area (Å²) in [6.07, 6.45) is 1.07. The Balaban J connectivity index is 2.03. The fraction of sp³-hybridized carbons (Fsp3) is 0.455. The number of alkyl halides is 1. The highest BCUT2D eigenvalue weighted by atomic mass is 19.1. The van der Waals surface area contributed by atoms with Crippen LogP contribution in [0.4, 0.5) is 8.78 Å². The molecule has 76 valence electrons. The minimum atomic E-state index is -1.07. The van der Waals surface area contributed by atoms with Crippen LogP contribution in [0.1, 0.15) is 31.0 Å². The molecule has 0 spiro atoms. The lowest BCUT2D eigenvalue weighted by molar-refractivity contribution is 0.295. The third-order valence-electron chi connectivity index (χ3n) is 2.71. The summed E-state index contributed by atoms with van der Waals surface area (Å²) in [5.41, 5.74) is 6.02. The zero-order valence-electron chi connectivity index (χ0n) is 7.84. The number of nitrogens with two attached hydrogens (primary N) is 1. The average Bonchev–Trinajstić information content (AvgIpc) is 2.84. The Bertz CT molecular complexity index is 317. The second-order valence-electron chi connectivity index (χ2n) is 4.09. The first-order chi connectivity index (χ1) is 6.59. The molecular formula is C11H13F2N. The van der Waals surface area contributed by atoms with E-state index >= 15 is 0 Å². The van der Waals surface area contributed by atoms with Gasteiger partial charge in [0.1, 0.15) is 12.0 Å². The number of hydrogen-bond acceptors (Lipinski definition) is 1. The van der Waals surface area contributed by atoms with Gasteiger partial charge in [-0.2, -0.15) is 0 Å². The van der Waals surface area contributed by atoms with Crippen LogP contribution in [0.15, 0.2) is 24.3 Å². The Morgan fingerprint density at radius 1 is 1.29 bits per heavy atom. The standard InChI is InChI=1S/C11H13F2N/c12-9-3-1-8(2-4-9)10(13)7-11(14)5-6-11/h1-4,10H,5-7,14H2. The lowest BCUT2D eigenvalue weighted by Crippen LogP contribution is -2.23. The van der Waals surface area contributed by atoms with E-state index in [4.69, 9.17) is 5.73 Å². The summed E-state index contributed by atoms with van der Waals surface area (Å²) < 4.78 is 26.2. The average molecular weight is 197 g/mol. The summed E-state index contributed by atoms with van der Waals surface area (Å²) in [5.74, 6) is -0.338. The monoisotopic (exact) mass is 197 g/mol. The largest absolute Gasteiger partial charge is 0.325 e. The second kappa shape index (κ2) is 3.31. The molecular weight excluding hydrogens is 184 g/mol. The van der Waals surface area contributed by atoms with Crippen molar-refractivity contribution in [2.75, 3.05) is 0 Å². The molecule has 1 aromatic carbocycles. The van der Waals surface area contributed by atoms with Gasteiger partial charge in [-0.3, -0.25) is 0 Å². The second-order valence-corrected chi connectivity index (χ2v) is 4.09. The molecule has 0 amide bonds. The Morgan fingerprint density at radius 3 is 2.36 bits per heavy atom. The summed E-state index contributed by atoms with van der Waals surface area (Å²) in [7, 11) is 0. The minimum absolute atomic E-state index is 0.298. The van der Waals surface area contributed by atoms with Gasteiger partial charge >= 0.3 is 0 Å². The van der Waals surface area contributed by atoms with Crippen molar-refractivity contribution < 1.29 is 8.78 Å². The third kappa shape index (κ3) is 2.10. The van der Waals surface area contributed by atoms with Crippen LogP contribution in [-0.4, -0.2) is 5.54 Å². The molecule has 0 saturated heterocycles. The van der Waals surface area contributed by atoms with Gasteiger partial charge in [0, 0.05) is 12.0 Å². The van der Waals surface area contributed by atoms with Crippen molar-refractivity contribution >= 4 is 0 Å². The molecule has 0 aliphatic heterocycles. The molecule has 3 heteroatoms. The maximum absolute atomic E-state index is 13.6. The fourth-order valence-corrected chi connectivity index (χ4v) is 1.51. The lowest BCUT2D eigenvalue weighted by Gasteiger charge is -2.13. The van der Waals surface area contributed by atoms with Crippen LogP contribution in [0.2, 0.25) is 0 Å². The predicted molar refractivity (Wildman–Crippen MR) is 51.0 cm³/mol. The maximum Gasteiger partial charge on any atom is 0.127 e. The first kappa shape index (κ1) is 9.59. The van der Waals surface area contributed by atoms with Gasteiger partial charge in [-0.05, 0) is 30.5 Å². The molecule has 1 saturated carbocycles. The number of halogens is 2. The van der Waals surface area contributed by atoms with Crippen LogP contribution >= 0.6 is 0 Å². The first-order valence-electron chi connectivity index (χ1n) is 4.77. The Kier molecular flexibility index (Phi) is 2.27. The molecule has 1 aliphatic rings. The number of benzene rings is 1. The Hall–Kier alpha value is -0.960. The van der Waals surface area contributed by atoms with Gasteiger partial charge in [0.15, 0.2) is 0 Å². The van der Waals surface area contributed by atoms with Crippen LogP contribution in [-0.2, 0) is 0 Å². The topological polar surface area (TPSA) is 26.0 Å².